The van der Waals surface area contributed by atoms with E-state index in [9.17, 15) is 9.18 Å². The van der Waals surface area contributed by atoms with Crippen LogP contribution in [0.25, 0.3) is 0 Å². The van der Waals surface area contributed by atoms with Crippen molar-refractivity contribution in [2.24, 2.45) is 0 Å². The fourth-order valence-corrected chi connectivity index (χ4v) is 2.40. The average molecular weight is 298 g/mol. The molecule has 1 aliphatic heterocycles. The standard InChI is InChI=1S/C17H15FN2O2/c1-22-15-6-2-4-12-5-3-11-20(16(12)15)19-17(21)13-7-9-14(18)10-8-13/h2-4,6-11H,5H2,1H3,(H,19,21). The highest BCUT2D eigenvalue weighted by Gasteiger charge is 2.19. The highest BCUT2D eigenvalue weighted by molar-refractivity contribution is 5.95. The van der Waals surface area contributed by atoms with Gasteiger partial charge in [0.25, 0.3) is 5.91 Å². The molecule has 22 heavy (non-hydrogen) atoms. The first-order valence-electron chi connectivity index (χ1n) is 6.87. The first-order valence-corrected chi connectivity index (χ1v) is 6.87. The number of rotatable bonds is 3. The third-order valence-electron chi connectivity index (χ3n) is 3.46. The van der Waals surface area contributed by atoms with E-state index in [-0.39, 0.29) is 11.7 Å². The lowest BCUT2D eigenvalue weighted by molar-refractivity contribution is 0.0953. The lowest BCUT2D eigenvalue weighted by Gasteiger charge is -2.28. The van der Waals surface area contributed by atoms with Crippen LogP contribution in [0, 0.1) is 5.82 Å². The van der Waals surface area contributed by atoms with Crippen molar-refractivity contribution in [2.75, 3.05) is 12.1 Å². The molecule has 1 aliphatic rings. The number of hydrogen-bond donors (Lipinski definition) is 1. The van der Waals surface area contributed by atoms with Crippen molar-refractivity contribution in [1.29, 1.82) is 0 Å². The number of hydrazine groups is 1. The lowest BCUT2D eigenvalue weighted by atomic mass is 10.1. The molecule has 1 N–H and O–H groups in total. The van der Waals surface area contributed by atoms with Gasteiger partial charge in [0.1, 0.15) is 17.3 Å². The number of fused-ring (bicyclic) bond motifs is 1. The lowest BCUT2D eigenvalue weighted by Crippen LogP contribution is -2.40. The van der Waals surface area contributed by atoms with Crippen LogP contribution in [0.2, 0.25) is 0 Å². The zero-order valence-corrected chi connectivity index (χ0v) is 12.0. The van der Waals surface area contributed by atoms with Gasteiger partial charge in [-0.15, -0.1) is 0 Å². The number of benzene rings is 2. The Hall–Kier alpha value is -2.82. The molecule has 0 fully saturated rings. The molecule has 3 rings (SSSR count). The number of halogens is 1. The summed E-state index contributed by atoms with van der Waals surface area (Å²) in [5, 5.41) is 1.63. The van der Waals surface area contributed by atoms with Crippen LogP contribution in [-0.4, -0.2) is 13.0 Å². The largest absolute Gasteiger partial charge is 0.494 e. The van der Waals surface area contributed by atoms with Gasteiger partial charge in [-0.1, -0.05) is 18.2 Å². The summed E-state index contributed by atoms with van der Waals surface area (Å²) in [4.78, 5) is 12.3. The van der Waals surface area contributed by atoms with E-state index in [0.29, 0.717) is 11.3 Å². The molecule has 0 aromatic heterocycles. The van der Waals surface area contributed by atoms with Gasteiger partial charge < -0.3 is 4.74 Å². The molecule has 0 saturated heterocycles. The number of nitrogens with one attached hydrogen (secondary N) is 1. The van der Waals surface area contributed by atoms with Crippen molar-refractivity contribution < 1.29 is 13.9 Å². The van der Waals surface area contributed by atoms with E-state index in [4.69, 9.17) is 4.74 Å². The van der Waals surface area contributed by atoms with Gasteiger partial charge in [-0.05, 0) is 42.3 Å². The fourth-order valence-electron chi connectivity index (χ4n) is 2.40. The summed E-state index contributed by atoms with van der Waals surface area (Å²) >= 11 is 0. The summed E-state index contributed by atoms with van der Waals surface area (Å²) in [5.41, 5.74) is 5.04. The van der Waals surface area contributed by atoms with E-state index < -0.39 is 0 Å². The Morgan fingerprint density at radius 3 is 2.73 bits per heavy atom. The number of para-hydroxylation sites is 1. The second kappa shape index (κ2) is 5.89. The van der Waals surface area contributed by atoms with Gasteiger partial charge in [-0.25, -0.2) is 4.39 Å². The van der Waals surface area contributed by atoms with Crippen LogP contribution in [0.15, 0.2) is 54.7 Å². The molecule has 2 aromatic carbocycles. The van der Waals surface area contributed by atoms with E-state index >= 15 is 0 Å². The number of carbonyl (C=O) groups excluding carboxylic acids is 1. The molecule has 1 amide bonds. The highest BCUT2D eigenvalue weighted by atomic mass is 19.1. The van der Waals surface area contributed by atoms with E-state index in [1.165, 1.54) is 24.3 Å². The van der Waals surface area contributed by atoms with Crippen molar-refractivity contribution in [3.05, 3.63) is 71.7 Å². The zero-order valence-electron chi connectivity index (χ0n) is 12.0. The molecule has 2 aromatic rings. The SMILES string of the molecule is COc1cccc2c1N(NC(=O)c1ccc(F)cc1)C=CC2. The number of carbonyl (C=O) groups is 1. The minimum absolute atomic E-state index is 0.316. The maximum Gasteiger partial charge on any atom is 0.270 e. The van der Waals surface area contributed by atoms with Crippen molar-refractivity contribution in [3.63, 3.8) is 0 Å². The van der Waals surface area contributed by atoms with Crippen LogP contribution in [0.3, 0.4) is 0 Å². The molecular weight excluding hydrogens is 283 g/mol. The molecule has 0 radical (unpaired) electrons. The molecule has 0 bridgehead atoms. The van der Waals surface area contributed by atoms with E-state index in [1.54, 1.807) is 18.3 Å². The minimum atomic E-state index is -0.374. The number of anilines is 1. The second-order valence-corrected chi connectivity index (χ2v) is 4.87. The van der Waals surface area contributed by atoms with Crippen LogP contribution in [0.1, 0.15) is 15.9 Å². The predicted octanol–water partition coefficient (Wildman–Crippen LogP) is 3.06. The summed E-state index contributed by atoms with van der Waals surface area (Å²) in [6.45, 7) is 0. The normalized spacial score (nSPS) is 12.7. The molecule has 0 atom stereocenters. The smallest absolute Gasteiger partial charge is 0.270 e. The Labute approximate surface area is 127 Å². The van der Waals surface area contributed by atoms with Gasteiger partial charge in [0.15, 0.2) is 0 Å². The van der Waals surface area contributed by atoms with E-state index in [1.807, 2.05) is 24.3 Å². The Morgan fingerprint density at radius 1 is 1.23 bits per heavy atom. The first kappa shape index (κ1) is 14.1. The predicted molar refractivity (Wildman–Crippen MR) is 82.2 cm³/mol. The monoisotopic (exact) mass is 298 g/mol. The number of allylic oxidation sites excluding steroid dienone is 1. The minimum Gasteiger partial charge on any atom is -0.494 e. The highest BCUT2D eigenvalue weighted by Crippen LogP contribution is 2.34. The van der Waals surface area contributed by atoms with Gasteiger partial charge in [-0.2, -0.15) is 0 Å². The molecular formula is C17H15FN2O2. The quantitative estimate of drug-likeness (QED) is 0.947. The van der Waals surface area contributed by atoms with Crippen LogP contribution < -0.4 is 15.2 Å². The Bertz CT molecular complexity index is 726. The number of hydrogen-bond acceptors (Lipinski definition) is 3. The van der Waals surface area contributed by atoms with E-state index in [0.717, 1.165) is 17.7 Å². The summed E-state index contributed by atoms with van der Waals surface area (Å²) in [5.74, 6) is -0.00824. The van der Waals surface area contributed by atoms with Gasteiger partial charge in [0, 0.05) is 11.8 Å². The summed E-state index contributed by atoms with van der Waals surface area (Å²) in [6.07, 6.45) is 4.51. The van der Waals surface area contributed by atoms with E-state index in [2.05, 4.69) is 5.43 Å². The summed E-state index contributed by atoms with van der Waals surface area (Å²) in [7, 11) is 1.59. The molecule has 0 aliphatic carbocycles. The summed E-state index contributed by atoms with van der Waals surface area (Å²) in [6, 6.07) is 11.2. The second-order valence-electron chi connectivity index (χ2n) is 4.87. The molecule has 0 spiro atoms. The molecule has 5 heteroatoms. The van der Waals surface area contributed by atoms with Gasteiger partial charge in [0.2, 0.25) is 0 Å². The maximum absolute atomic E-state index is 12.9. The van der Waals surface area contributed by atoms with Crippen molar-refractivity contribution >= 4 is 11.6 Å². The average Bonchev–Trinajstić information content (AvgIpc) is 2.55. The fraction of sp³-hybridized carbons (Fsp3) is 0.118. The van der Waals surface area contributed by atoms with Crippen LogP contribution in [0.5, 0.6) is 5.75 Å². The van der Waals surface area contributed by atoms with Crippen molar-refractivity contribution in [1.82, 2.24) is 5.43 Å². The first-order chi connectivity index (χ1) is 10.7. The number of ether oxygens (including phenoxy) is 1. The molecule has 0 unspecified atom stereocenters. The Balaban J connectivity index is 1.87. The summed E-state index contributed by atoms with van der Waals surface area (Å²) < 4.78 is 18.3. The third-order valence-corrected chi connectivity index (χ3v) is 3.46. The van der Waals surface area contributed by atoms with Crippen molar-refractivity contribution in [2.45, 2.75) is 6.42 Å². The third kappa shape index (κ3) is 2.65. The van der Waals surface area contributed by atoms with Gasteiger partial charge in [0.05, 0.1) is 7.11 Å². The Morgan fingerprint density at radius 2 is 2.00 bits per heavy atom. The molecule has 0 saturated carbocycles. The van der Waals surface area contributed by atoms with Crippen LogP contribution in [0.4, 0.5) is 10.1 Å². The van der Waals surface area contributed by atoms with Crippen LogP contribution >= 0.6 is 0 Å². The van der Waals surface area contributed by atoms with Gasteiger partial charge in [-0.3, -0.25) is 15.2 Å². The number of methoxy groups -OCH3 is 1. The van der Waals surface area contributed by atoms with Gasteiger partial charge >= 0.3 is 0 Å². The number of nitrogens with zero attached hydrogens (tertiary/aromatic N) is 1. The maximum atomic E-state index is 12.9. The number of amides is 1. The topological polar surface area (TPSA) is 41.6 Å². The zero-order chi connectivity index (χ0) is 15.5. The van der Waals surface area contributed by atoms with Crippen LogP contribution in [-0.2, 0) is 6.42 Å². The molecule has 1 heterocycles. The molecule has 112 valence electrons. The molecule has 4 nitrogen and oxygen atoms in total. The van der Waals surface area contributed by atoms with Crippen molar-refractivity contribution in [3.8, 4) is 5.75 Å². The Kier molecular flexibility index (Phi) is 3.78.